The Morgan fingerprint density at radius 3 is 2.57 bits per heavy atom. The van der Waals surface area contributed by atoms with Gasteiger partial charge in [0.2, 0.25) is 0 Å². The van der Waals surface area contributed by atoms with Gasteiger partial charge in [0, 0.05) is 6.54 Å². The summed E-state index contributed by atoms with van der Waals surface area (Å²) < 4.78 is 5.24. The normalized spacial score (nSPS) is 18.2. The Morgan fingerprint density at radius 2 is 1.93 bits per heavy atom. The van der Waals surface area contributed by atoms with Crippen LogP contribution in [-0.4, -0.2) is 46.8 Å². The van der Waals surface area contributed by atoms with Gasteiger partial charge < -0.3 is 10.1 Å². The van der Waals surface area contributed by atoms with Crippen LogP contribution in [0.15, 0.2) is 30.9 Å². The highest BCUT2D eigenvalue weighted by molar-refractivity contribution is 6.22. The number of nitrogens with one attached hydrogen (secondary N) is 1. The summed E-state index contributed by atoms with van der Waals surface area (Å²) in [5.74, 6) is -2.30. The Labute approximate surface area is 174 Å². The minimum absolute atomic E-state index is 0.0580. The van der Waals surface area contributed by atoms with Gasteiger partial charge >= 0.3 is 5.97 Å². The molecule has 1 fully saturated rings. The van der Waals surface area contributed by atoms with Gasteiger partial charge in [0.05, 0.1) is 22.8 Å². The van der Waals surface area contributed by atoms with Gasteiger partial charge in [0.15, 0.2) is 6.10 Å². The molecule has 3 rings (SSSR count). The summed E-state index contributed by atoms with van der Waals surface area (Å²) in [6, 6.07) is 6.26. The van der Waals surface area contributed by atoms with Gasteiger partial charge in [-0.05, 0) is 38.0 Å². The average Bonchev–Trinajstić information content (AvgIpc) is 2.99. The quantitative estimate of drug-likeness (QED) is 0.438. The second-order valence-electron chi connectivity index (χ2n) is 7.56. The molecule has 1 aromatic rings. The predicted octanol–water partition coefficient (Wildman–Crippen LogP) is 2.36. The van der Waals surface area contributed by atoms with Crippen LogP contribution in [0.4, 0.5) is 0 Å². The van der Waals surface area contributed by atoms with E-state index in [4.69, 9.17) is 4.74 Å². The molecule has 0 aromatic heterocycles. The molecule has 1 aromatic carbocycles. The first-order valence-electron chi connectivity index (χ1n) is 9.87. The number of nitrogens with zero attached hydrogens (tertiary/aromatic N) is 2. The van der Waals surface area contributed by atoms with Crippen LogP contribution in [0.3, 0.4) is 0 Å². The van der Waals surface area contributed by atoms with Gasteiger partial charge in [-0.25, -0.2) is 4.79 Å². The van der Waals surface area contributed by atoms with Crippen LogP contribution in [0.1, 0.15) is 70.1 Å². The van der Waals surface area contributed by atoms with Crippen molar-refractivity contribution in [1.29, 1.82) is 5.26 Å². The van der Waals surface area contributed by atoms with Gasteiger partial charge in [-0.3, -0.25) is 19.3 Å². The van der Waals surface area contributed by atoms with Crippen molar-refractivity contribution in [2.45, 2.75) is 50.7 Å². The molecule has 2 aliphatic rings. The van der Waals surface area contributed by atoms with E-state index >= 15 is 0 Å². The molecule has 1 saturated carbocycles. The molecule has 1 heterocycles. The molecule has 0 spiro atoms. The lowest BCUT2D eigenvalue weighted by molar-refractivity contribution is -0.130. The molecule has 1 atom stereocenters. The molecule has 1 N–H and O–H groups in total. The molecule has 1 aliphatic carbocycles. The minimum Gasteiger partial charge on any atom is -0.449 e. The van der Waals surface area contributed by atoms with Crippen molar-refractivity contribution in [2.24, 2.45) is 0 Å². The Kier molecular flexibility index (Phi) is 6.01. The fourth-order valence-corrected chi connectivity index (χ4v) is 3.75. The van der Waals surface area contributed by atoms with Gasteiger partial charge in [0.1, 0.15) is 5.54 Å². The molecule has 8 nitrogen and oxygen atoms in total. The predicted molar refractivity (Wildman–Crippen MR) is 106 cm³/mol. The topological polar surface area (TPSA) is 117 Å². The van der Waals surface area contributed by atoms with E-state index in [2.05, 4.69) is 18.0 Å². The van der Waals surface area contributed by atoms with E-state index in [1.807, 2.05) is 0 Å². The van der Waals surface area contributed by atoms with Crippen molar-refractivity contribution < 1.29 is 23.9 Å². The number of hydrogen-bond donors (Lipinski definition) is 1. The van der Waals surface area contributed by atoms with Crippen LogP contribution < -0.4 is 5.32 Å². The van der Waals surface area contributed by atoms with Gasteiger partial charge in [-0.1, -0.05) is 25.3 Å². The van der Waals surface area contributed by atoms with Crippen LogP contribution in [-0.2, 0) is 9.53 Å². The summed E-state index contributed by atoms with van der Waals surface area (Å²) in [6.07, 6.45) is 4.19. The third-order valence-electron chi connectivity index (χ3n) is 5.45. The largest absolute Gasteiger partial charge is 0.449 e. The smallest absolute Gasteiger partial charge is 0.338 e. The summed E-state index contributed by atoms with van der Waals surface area (Å²) in [5.41, 5.74) is -0.551. The summed E-state index contributed by atoms with van der Waals surface area (Å²) in [7, 11) is 0. The van der Waals surface area contributed by atoms with Crippen LogP contribution in [0.25, 0.3) is 0 Å². The summed E-state index contributed by atoms with van der Waals surface area (Å²) in [6.45, 7) is 5.02. The zero-order valence-electron chi connectivity index (χ0n) is 16.8. The third kappa shape index (κ3) is 3.96. The molecule has 0 saturated heterocycles. The first kappa shape index (κ1) is 21.2. The number of imide groups is 1. The Morgan fingerprint density at radius 1 is 1.27 bits per heavy atom. The van der Waals surface area contributed by atoms with Gasteiger partial charge in [-0.2, -0.15) is 5.26 Å². The van der Waals surface area contributed by atoms with E-state index in [1.54, 1.807) is 0 Å². The zero-order valence-corrected chi connectivity index (χ0v) is 16.8. The fraction of sp³-hybridized carbons (Fsp3) is 0.409. The van der Waals surface area contributed by atoms with Crippen molar-refractivity contribution in [3.05, 3.63) is 47.5 Å². The van der Waals surface area contributed by atoms with E-state index in [0.717, 1.165) is 24.2 Å². The number of esters is 1. The second kappa shape index (κ2) is 8.49. The molecular weight excluding hydrogens is 386 g/mol. The number of hydrogen-bond acceptors (Lipinski definition) is 6. The number of ether oxygens (including phenoxy) is 1. The maximum Gasteiger partial charge on any atom is 0.338 e. The highest BCUT2D eigenvalue weighted by Crippen LogP contribution is 2.28. The van der Waals surface area contributed by atoms with E-state index in [0.29, 0.717) is 12.8 Å². The second-order valence-corrected chi connectivity index (χ2v) is 7.56. The fourth-order valence-electron chi connectivity index (χ4n) is 3.75. The summed E-state index contributed by atoms with van der Waals surface area (Å²) in [4.78, 5) is 50.7. The molecule has 156 valence electrons. The Bertz CT molecular complexity index is 956. The number of fused-ring (bicyclic) bond motifs is 1. The van der Waals surface area contributed by atoms with E-state index in [-0.39, 0.29) is 23.2 Å². The monoisotopic (exact) mass is 409 g/mol. The Balaban J connectivity index is 1.69. The molecule has 0 radical (unpaired) electrons. The van der Waals surface area contributed by atoms with Gasteiger partial charge in [0.25, 0.3) is 17.7 Å². The molecule has 0 bridgehead atoms. The van der Waals surface area contributed by atoms with E-state index < -0.39 is 35.3 Å². The summed E-state index contributed by atoms with van der Waals surface area (Å²) >= 11 is 0. The van der Waals surface area contributed by atoms with Crippen molar-refractivity contribution in [1.82, 2.24) is 10.2 Å². The van der Waals surface area contributed by atoms with Crippen LogP contribution >= 0.6 is 0 Å². The molecule has 3 amide bonds. The lowest BCUT2D eigenvalue weighted by atomic mass is 9.83. The number of carbonyl (C=O) groups is 4. The van der Waals surface area contributed by atoms with Crippen molar-refractivity contribution in [3.8, 4) is 6.07 Å². The lowest BCUT2D eigenvalue weighted by Gasteiger charge is -2.32. The van der Waals surface area contributed by atoms with Crippen LogP contribution in [0.2, 0.25) is 0 Å². The maximum absolute atomic E-state index is 12.5. The number of amides is 3. The first-order chi connectivity index (χ1) is 14.3. The molecule has 8 heteroatoms. The average molecular weight is 409 g/mol. The van der Waals surface area contributed by atoms with Crippen molar-refractivity contribution in [2.75, 3.05) is 6.54 Å². The summed E-state index contributed by atoms with van der Waals surface area (Å²) in [5, 5.41) is 12.2. The molecule has 30 heavy (non-hydrogen) atoms. The Hall–Kier alpha value is -3.47. The number of carbonyl (C=O) groups excluding carboxylic acids is 4. The SMILES string of the molecule is C=CCN1C(=O)c2ccc(C(=O)O[C@H](C)C(=O)NC3(C#N)CCCCC3)cc2C1=O. The highest BCUT2D eigenvalue weighted by Gasteiger charge is 2.37. The van der Waals surface area contributed by atoms with E-state index in [1.165, 1.54) is 31.2 Å². The molecular formula is C22H23N3O5. The zero-order chi connectivity index (χ0) is 21.9. The number of nitriles is 1. The van der Waals surface area contributed by atoms with Crippen molar-refractivity contribution in [3.63, 3.8) is 0 Å². The standard InChI is InChI=1S/C22H23N3O5/c1-3-11-25-19(27)16-8-7-15(12-17(16)20(25)28)21(29)30-14(2)18(26)24-22(13-23)9-5-4-6-10-22/h3,7-8,12,14H,1,4-6,9-11H2,2H3,(H,24,26)/t14-/m1/s1. The minimum atomic E-state index is -1.12. The molecule has 1 aliphatic heterocycles. The lowest BCUT2D eigenvalue weighted by Crippen LogP contribution is -2.52. The van der Waals surface area contributed by atoms with Gasteiger partial charge in [-0.15, -0.1) is 6.58 Å². The third-order valence-corrected chi connectivity index (χ3v) is 5.45. The number of rotatable bonds is 6. The van der Waals surface area contributed by atoms with Crippen LogP contribution in [0, 0.1) is 11.3 Å². The highest BCUT2D eigenvalue weighted by atomic mass is 16.5. The number of benzene rings is 1. The maximum atomic E-state index is 12.5. The molecule has 0 unspecified atom stereocenters. The van der Waals surface area contributed by atoms with E-state index in [9.17, 15) is 24.4 Å². The van der Waals surface area contributed by atoms with Crippen molar-refractivity contribution >= 4 is 23.7 Å². The first-order valence-corrected chi connectivity index (χ1v) is 9.87. The van der Waals surface area contributed by atoms with Crippen LogP contribution in [0.5, 0.6) is 0 Å².